The zero-order valence-electron chi connectivity index (χ0n) is 6.07. The molecule has 1 N–H and O–H groups in total. The lowest BCUT2D eigenvalue weighted by atomic mass is 10.2. The SMILES string of the molecule is N=C(Cl)Cc1ccc(Cl)cc1Cl. The first-order valence-corrected chi connectivity index (χ1v) is 4.40. The maximum atomic E-state index is 7.06. The van der Waals surface area contributed by atoms with Crippen molar-refractivity contribution in [3.05, 3.63) is 33.8 Å². The largest absolute Gasteiger partial charge is 0.293 e. The molecule has 1 aromatic carbocycles. The third-order valence-corrected chi connectivity index (χ3v) is 2.08. The van der Waals surface area contributed by atoms with Crippen LogP contribution in [0.4, 0.5) is 0 Å². The molecular weight excluding hydrogens is 216 g/mol. The van der Waals surface area contributed by atoms with Crippen LogP contribution >= 0.6 is 34.8 Å². The quantitative estimate of drug-likeness (QED) is 0.737. The molecule has 0 aliphatic heterocycles. The van der Waals surface area contributed by atoms with Gasteiger partial charge in [0, 0.05) is 16.5 Å². The molecule has 0 spiro atoms. The molecule has 4 heteroatoms. The molecule has 0 radical (unpaired) electrons. The van der Waals surface area contributed by atoms with Gasteiger partial charge in [-0.15, -0.1) is 0 Å². The summed E-state index contributed by atoms with van der Waals surface area (Å²) in [6.45, 7) is 0. The summed E-state index contributed by atoms with van der Waals surface area (Å²) >= 11 is 16.9. The minimum atomic E-state index is 0.0687. The van der Waals surface area contributed by atoms with Gasteiger partial charge >= 0.3 is 0 Å². The van der Waals surface area contributed by atoms with Gasteiger partial charge in [-0.3, -0.25) is 5.41 Å². The van der Waals surface area contributed by atoms with Gasteiger partial charge in [-0.2, -0.15) is 0 Å². The van der Waals surface area contributed by atoms with E-state index in [-0.39, 0.29) is 5.17 Å². The van der Waals surface area contributed by atoms with E-state index in [0.29, 0.717) is 16.5 Å². The van der Waals surface area contributed by atoms with Crippen molar-refractivity contribution >= 4 is 40.0 Å². The Morgan fingerprint density at radius 2 is 2.00 bits per heavy atom. The lowest BCUT2D eigenvalue weighted by Gasteiger charge is -2.01. The Bertz CT molecular complexity index is 309. The molecule has 0 aliphatic rings. The Kier molecular flexibility index (Phi) is 3.39. The zero-order valence-corrected chi connectivity index (χ0v) is 8.34. The molecule has 0 fully saturated rings. The number of hydrogen-bond donors (Lipinski definition) is 1. The minimum Gasteiger partial charge on any atom is -0.293 e. The van der Waals surface area contributed by atoms with E-state index in [1.807, 2.05) is 0 Å². The van der Waals surface area contributed by atoms with Gasteiger partial charge in [0.25, 0.3) is 0 Å². The topological polar surface area (TPSA) is 23.9 Å². The molecule has 0 aliphatic carbocycles. The summed E-state index contributed by atoms with van der Waals surface area (Å²) in [5, 5.41) is 8.26. The van der Waals surface area contributed by atoms with E-state index in [0.717, 1.165) is 5.56 Å². The van der Waals surface area contributed by atoms with Crippen LogP contribution < -0.4 is 0 Å². The molecule has 0 saturated heterocycles. The van der Waals surface area contributed by atoms with Gasteiger partial charge in [0.2, 0.25) is 0 Å². The minimum absolute atomic E-state index is 0.0687. The van der Waals surface area contributed by atoms with Gasteiger partial charge in [-0.25, -0.2) is 0 Å². The maximum absolute atomic E-state index is 7.06. The first-order valence-electron chi connectivity index (χ1n) is 3.26. The molecule has 0 saturated carbocycles. The predicted octanol–water partition coefficient (Wildman–Crippen LogP) is 3.75. The Morgan fingerprint density at radius 1 is 1.33 bits per heavy atom. The van der Waals surface area contributed by atoms with Gasteiger partial charge in [0.05, 0.1) is 0 Å². The van der Waals surface area contributed by atoms with Gasteiger partial charge in [-0.1, -0.05) is 40.9 Å². The Hall–Kier alpha value is -0.240. The Labute approximate surface area is 85.8 Å². The summed E-state index contributed by atoms with van der Waals surface area (Å²) < 4.78 is 0. The van der Waals surface area contributed by atoms with Crippen LogP contribution in [-0.2, 0) is 6.42 Å². The lowest BCUT2D eigenvalue weighted by Crippen LogP contribution is -1.92. The normalized spacial score (nSPS) is 9.92. The van der Waals surface area contributed by atoms with Crippen LogP contribution in [0.25, 0.3) is 0 Å². The molecule has 0 bridgehead atoms. The van der Waals surface area contributed by atoms with E-state index < -0.39 is 0 Å². The molecule has 0 aromatic heterocycles. The molecule has 0 amide bonds. The molecule has 0 heterocycles. The van der Waals surface area contributed by atoms with Crippen LogP contribution in [0.1, 0.15) is 5.56 Å². The highest BCUT2D eigenvalue weighted by atomic mass is 35.5. The third kappa shape index (κ3) is 2.67. The van der Waals surface area contributed by atoms with Crippen LogP contribution in [0, 0.1) is 5.41 Å². The summed E-state index contributed by atoms with van der Waals surface area (Å²) in [4.78, 5) is 0. The fourth-order valence-electron chi connectivity index (χ4n) is 0.832. The van der Waals surface area contributed by atoms with Crippen molar-refractivity contribution in [2.75, 3.05) is 0 Å². The Balaban J connectivity index is 2.93. The van der Waals surface area contributed by atoms with Crippen molar-refractivity contribution in [3.63, 3.8) is 0 Å². The standard InChI is InChI=1S/C8H6Cl3N/c9-6-2-1-5(3-8(11)12)7(10)4-6/h1-2,4,12H,3H2. The van der Waals surface area contributed by atoms with Gasteiger partial charge < -0.3 is 0 Å². The summed E-state index contributed by atoms with van der Waals surface area (Å²) in [7, 11) is 0. The predicted molar refractivity (Wildman–Crippen MR) is 53.7 cm³/mol. The van der Waals surface area contributed by atoms with E-state index in [1.54, 1.807) is 18.2 Å². The molecule has 1 nitrogen and oxygen atoms in total. The van der Waals surface area contributed by atoms with E-state index >= 15 is 0 Å². The summed E-state index contributed by atoms with van der Waals surface area (Å²) in [6.07, 6.45) is 0.359. The highest BCUT2D eigenvalue weighted by molar-refractivity contribution is 6.64. The van der Waals surface area contributed by atoms with Crippen LogP contribution in [0.5, 0.6) is 0 Å². The summed E-state index contributed by atoms with van der Waals surface area (Å²) in [5.41, 5.74) is 0.820. The van der Waals surface area contributed by atoms with Crippen LogP contribution in [0.3, 0.4) is 0 Å². The average molecular weight is 223 g/mol. The van der Waals surface area contributed by atoms with Crippen LogP contribution in [0.15, 0.2) is 18.2 Å². The summed E-state index contributed by atoms with van der Waals surface area (Å²) in [6, 6.07) is 5.13. The second kappa shape index (κ2) is 4.13. The zero-order chi connectivity index (χ0) is 9.14. The number of benzene rings is 1. The van der Waals surface area contributed by atoms with Gasteiger partial charge in [-0.05, 0) is 17.7 Å². The highest BCUT2D eigenvalue weighted by Crippen LogP contribution is 2.21. The molecule has 1 aromatic rings. The fourth-order valence-corrected chi connectivity index (χ4v) is 1.45. The van der Waals surface area contributed by atoms with Crippen LogP contribution in [0.2, 0.25) is 10.0 Å². The van der Waals surface area contributed by atoms with Gasteiger partial charge in [0.1, 0.15) is 5.17 Å². The third-order valence-electron chi connectivity index (χ3n) is 1.36. The molecule has 64 valence electrons. The van der Waals surface area contributed by atoms with Crippen molar-refractivity contribution in [2.24, 2.45) is 0 Å². The van der Waals surface area contributed by atoms with Crippen LogP contribution in [-0.4, -0.2) is 5.17 Å². The molecule has 0 atom stereocenters. The second-order valence-corrected chi connectivity index (χ2v) is 3.62. The van der Waals surface area contributed by atoms with E-state index in [4.69, 9.17) is 40.2 Å². The fraction of sp³-hybridized carbons (Fsp3) is 0.125. The highest BCUT2D eigenvalue weighted by Gasteiger charge is 2.02. The average Bonchev–Trinajstić information content (AvgIpc) is 1.94. The molecule has 0 unspecified atom stereocenters. The smallest absolute Gasteiger partial charge is 0.101 e. The second-order valence-electron chi connectivity index (χ2n) is 2.32. The first kappa shape index (κ1) is 9.85. The van der Waals surface area contributed by atoms with Crippen molar-refractivity contribution < 1.29 is 0 Å². The first-order chi connectivity index (χ1) is 5.59. The van der Waals surface area contributed by atoms with E-state index in [9.17, 15) is 0 Å². The number of nitrogens with one attached hydrogen (secondary N) is 1. The number of halogens is 3. The molecule has 12 heavy (non-hydrogen) atoms. The van der Waals surface area contributed by atoms with Crippen molar-refractivity contribution in [3.8, 4) is 0 Å². The van der Waals surface area contributed by atoms with Gasteiger partial charge in [0.15, 0.2) is 0 Å². The molecular formula is C8H6Cl3N. The van der Waals surface area contributed by atoms with Crippen molar-refractivity contribution in [2.45, 2.75) is 6.42 Å². The van der Waals surface area contributed by atoms with E-state index in [2.05, 4.69) is 0 Å². The maximum Gasteiger partial charge on any atom is 0.101 e. The number of rotatable bonds is 2. The van der Waals surface area contributed by atoms with E-state index in [1.165, 1.54) is 0 Å². The monoisotopic (exact) mass is 221 g/mol. The van der Waals surface area contributed by atoms with Crippen molar-refractivity contribution in [1.29, 1.82) is 5.41 Å². The molecule has 1 rings (SSSR count). The Morgan fingerprint density at radius 3 is 2.50 bits per heavy atom. The van der Waals surface area contributed by atoms with Crippen molar-refractivity contribution in [1.82, 2.24) is 0 Å². The lowest BCUT2D eigenvalue weighted by molar-refractivity contribution is 1.31. The number of hydrogen-bond acceptors (Lipinski definition) is 1. The summed E-state index contributed by atoms with van der Waals surface area (Å²) in [5.74, 6) is 0.